The van der Waals surface area contributed by atoms with Crippen molar-refractivity contribution in [3.63, 3.8) is 0 Å². The van der Waals surface area contributed by atoms with E-state index in [-0.39, 0.29) is 0 Å². The van der Waals surface area contributed by atoms with Crippen LogP contribution in [0, 0.1) is 0 Å². The Kier molecular flexibility index (Phi) is 1.31. The van der Waals surface area contributed by atoms with Crippen LogP contribution in [-0.4, -0.2) is 0 Å². The van der Waals surface area contributed by atoms with Crippen molar-refractivity contribution in [3.8, 4) is 11.1 Å². The van der Waals surface area contributed by atoms with Gasteiger partial charge in [-0.1, -0.05) is 48.5 Å². The van der Waals surface area contributed by atoms with Crippen molar-refractivity contribution in [2.45, 2.75) is 6.42 Å². The average Bonchev–Trinajstić information content (AvgIpc) is 2.46. The summed E-state index contributed by atoms with van der Waals surface area (Å²) in [7, 11) is 0. The molecule has 62 valence electrons. The second-order valence-corrected chi connectivity index (χ2v) is 3.53. The molecule has 0 heterocycles. The van der Waals surface area contributed by atoms with E-state index in [0.717, 1.165) is 6.42 Å². The highest BCUT2D eigenvalue weighted by atomic mass is 14.1. The summed E-state index contributed by atoms with van der Waals surface area (Å²) in [5.74, 6) is 0. The molecule has 2 aliphatic carbocycles. The van der Waals surface area contributed by atoms with Crippen molar-refractivity contribution >= 4 is 0 Å². The van der Waals surface area contributed by atoms with Crippen LogP contribution in [0.5, 0.6) is 0 Å². The van der Waals surface area contributed by atoms with Gasteiger partial charge in [0, 0.05) is 0 Å². The van der Waals surface area contributed by atoms with Crippen molar-refractivity contribution in [2.75, 3.05) is 0 Å². The first-order valence-corrected chi connectivity index (χ1v) is 4.61. The molecular weight excluding hydrogens is 156 g/mol. The zero-order valence-corrected chi connectivity index (χ0v) is 7.33. The largest absolute Gasteiger partial charge is 0.0619 e. The van der Waals surface area contributed by atoms with Crippen LogP contribution >= 0.6 is 0 Å². The van der Waals surface area contributed by atoms with Crippen LogP contribution in [0.4, 0.5) is 0 Å². The summed E-state index contributed by atoms with van der Waals surface area (Å²) >= 11 is 0. The normalized spacial score (nSPS) is 12.3. The Morgan fingerprint density at radius 1 is 0.769 bits per heavy atom. The molecule has 13 heavy (non-hydrogen) atoms. The number of rotatable bonds is 0. The molecule has 2 aliphatic rings. The van der Waals surface area contributed by atoms with E-state index in [1.807, 2.05) is 0 Å². The average molecular weight is 166 g/mol. The van der Waals surface area contributed by atoms with Gasteiger partial charge >= 0.3 is 0 Å². The number of fused-ring (bicyclic) bond motifs is 2. The van der Waals surface area contributed by atoms with Gasteiger partial charge in [-0.25, -0.2) is 0 Å². The fourth-order valence-corrected chi connectivity index (χ4v) is 1.98. The third-order valence-corrected chi connectivity index (χ3v) is 2.68. The predicted molar refractivity (Wildman–Crippen MR) is 54.7 cm³/mol. The molecule has 0 atom stereocenters. The van der Waals surface area contributed by atoms with Crippen LogP contribution in [0.3, 0.4) is 0 Å². The van der Waals surface area contributed by atoms with E-state index < -0.39 is 0 Å². The molecule has 2 bridgehead atoms. The maximum atomic E-state index is 2.22. The molecule has 0 fully saturated rings. The molecular formula is C13H10. The van der Waals surface area contributed by atoms with E-state index in [2.05, 4.69) is 48.5 Å². The molecule has 0 unspecified atom stereocenters. The van der Waals surface area contributed by atoms with Crippen LogP contribution in [0.2, 0.25) is 0 Å². The number of hydrogen-bond acceptors (Lipinski definition) is 0. The van der Waals surface area contributed by atoms with Gasteiger partial charge in [-0.05, 0) is 28.7 Å². The van der Waals surface area contributed by atoms with E-state index >= 15 is 0 Å². The highest BCUT2D eigenvalue weighted by molar-refractivity contribution is 5.70. The molecule has 0 heteroatoms. The summed E-state index contributed by atoms with van der Waals surface area (Å²) in [4.78, 5) is 0. The SMILES string of the molecule is c1ccc2c(c1)Cc1ccc-2cc1. The minimum absolute atomic E-state index is 1.08. The lowest BCUT2D eigenvalue weighted by Crippen LogP contribution is -1.85. The second-order valence-electron chi connectivity index (χ2n) is 3.53. The topological polar surface area (TPSA) is 0 Å². The molecule has 0 spiro atoms. The molecule has 0 saturated carbocycles. The summed E-state index contributed by atoms with van der Waals surface area (Å²) in [6.45, 7) is 0. The summed E-state index contributed by atoms with van der Waals surface area (Å²) in [6.07, 6.45) is 1.08. The number of benzene rings is 2. The van der Waals surface area contributed by atoms with Crippen molar-refractivity contribution in [3.05, 3.63) is 59.7 Å². The second kappa shape index (κ2) is 2.46. The monoisotopic (exact) mass is 166 g/mol. The maximum Gasteiger partial charge on any atom is -0.00196 e. The Morgan fingerprint density at radius 3 is 2.38 bits per heavy atom. The van der Waals surface area contributed by atoms with E-state index in [0.29, 0.717) is 0 Å². The summed E-state index contributed by atoms with van der Waals surface area (Å²) in [5.41, 5.74) is 5.59. The Morgan fingerprint density at radius 2 is 1.54 bits per heavy atom. The van der Waals surface area contributed by atoms with Crippen LogP contribution in [0.15, 0.2) is 48.5 Å². The molecule has 0 amide bonds. The summed E-state index contributed by atoms with van der Waals surface area (Å²) < 4.78 is 0. The van der Waals surface area contributed by atoms with Gasteiger partial charge in [-0.2, -0.15) is 0 Å². The van der Waals surface area contributed by atoms with Gasteiger partial charge in [0.2, 0.25) is 0 Å². The lowest BCUT2D eigenvalue weighted by Gasteiger charge is -2.03. The fraction of sp³-hybridized carbons (Fsp3) is 0.0769. The summed E-state index contributed by atoms with van der Waals surface area (Å²) in [6, 6.07) is 17.5. The molecule has 0 radical (unpaired) electrons. The van der Waals surface area contributed by atoms with Crippen LogP contribution in [-0.2, 0) is 6.42 Å². The Balaban J connectivity index is 2.36. The third-order valence-electron chi connectivity index (χ3n) is 2.68. The standard InChI is InChI=1S/C13H10/c1-2-4-13-11-7-5-10(6-8-11)9-12(13)3-1/h1-8H,9H2. The minimum Gasteiger partial charge on any atom is -0.0619 e. The highest BCUT2D eigenvalue weighted by Gasteiger charge is 2.09. The quantitative estimate of drug-likeness (QED) is 0.481. The van der Waals surface area contributed by atoms with E-state index in [1.165, 1.54) is 22.3 Å². The lowest BCUT2D eigenvalue weighted by molar-refractivity contribution is 1.22. The van der Waals surface area contributed by atoms with E-state index in [9.17, 15) is 0 Å². The van der Waals surface area contributed by atoms with Crippen molar-refractivity contribution in [2.24, 2.45) is 0 Å². The van der Waals surface area contributed by atoms with Crippen molar-refractivity contribution in [1.29, 1.82) is 0 Å². The van der Waals surface area contributed by atoms with Gasteiger partial charge in [0.15, 0.2) is 0 Å². The lowest BCUT2D eigenvalue weighted by atomic mass is 10.0. The van der Waals surface area contributed by atoms with Gasteiger partial charge in [0.05, 0.1) is 0 Å². The first kappa shape index (κ1) is 6.90. The molecule has 4 rings (SSSR count). The van der Waals surface area contributed by atoms with E-state index in [1.54, 1.807) is 0 Å². The molecule has 0 aromatic heterocycles. The third kappa shape index (κ3) is 0.988. The van der Waals surface area contributed by atoms with E-state index in [4.69, 9.17) is 0 Å². The zero-order valence-electron chi connectivity index (χ0n) is 7.33. The van der Waals surface area contributed by atoms with Crippen molar-refractivity contribution in [1.82, 2.24) is 0 Å². The zero-order chi connectivity index (χ0) is 8.67. The predicted octanol–water partition coefficient (Wildman–Crippen LogP) is 3.26. The molecule has 0 N–H and O–H groups in total. The van der Waals surface area contributed by atoms with Gasteiger partial charge < -0.3 is 0 Å². The Hall–Kier alpha value is -1.56. The first-order chi connectivity index (χ1) is 6.43. The molecule has 2 aromatic carbocycles. The van der Waals surface area contributed by atoms with Crippen molar-refractivity contribution < 1.29 is 0 Å². The maximum absolute atomic E-state index is 2.22. The summed E-state index contributed by atoms with van der Waals surface area (Å²) in [5, 5.41) is 0. The Labute approximate surface area is 77.8 Å². The van der Waals surface area contributed by atoms with Crippen LogP contribution in [0.1, 0.15) is 11.1 Å². The van der Waals surface area contributed by atoms with Gasteiger partial charge in [0.25, 0.3) is 0 Å². The number of hydrogen-bond donors (Lipinski definition) is 0. The highest BCUT2D eigenvalue weighted by Crippen LogP contribution is 2.29. The molecule has 2 aromatic rings. The Bertz CT molecular complexity index is 438. The molecule has 0 nitrogen and oxygen atoms in total. The van der Waals surface area contributed by atoms with Gasteiger partial charge in [-0.3, -0.25) is 0 Å². The minimum atomic E-state index is 1.08. The molecule has 0 aliphatic heterocycles. The fourth-order valence-electron chi connectivity index (χ4n) is 1.98. The van der Waals surface area contributed by atoms with Crippen LogP contribution < -0.4 is 0 Å². The van der Waals surface area contributed by atoms with Gasteiger partial charge in [-0.15, -0.1) is 0 Å². The first-order valence-electron chi connectivity index (χ1n) is 4.61. The van der Waals surface area contributed by atoms with Gasteiger partial charge in [0.1, 0.15) is 0 Å². The van der Waals surface area contributed by atoms with Crippen LogP contribution in [0.25, 0.3) is 11.1 Å². The smallest absolute Gasteiger partial charge is 0.00196 e. The molecule has 0 saturated heterocycles.